The molecule has 0 saturated heterocycles. The van der Waals surface area contributed by atoms with Crippen LogP contribution >= 0.6 is 23.4 Å². The second kappa shape index (κ2) is 5.30. The van der Waals surface area contributed by atoms with Crippen molar-refractivity contribution >= 4 is 28.6 Å². The Morgan fingerprint density at radius 2 is 2.15 bits per heavy atom. The fourth-order valence-corrected chi connectivity index (χ4v) is 2.14. The maximum absolute atomic E-state index is 10.5. The lowest BCUT2D eigenvalue weighted by molar-refractivity contribution is -0.111. The SMILES string of the molecule is Cc1ccccc1SCCC(=O)Cl. The van der Waals surface area contributed by atoms with E-state index in [1.54, 1.807) is 11.8 Å². The van der Waals surface area contributed by atoms with E-state index in [2.05, 4.69) is 19.1 Å². The van der Waals surface area contributed by atoms with Gasteiger partial charge in [0.25, 0.3) is 0 Å². The number of thioether (sulfide) groups is 1. The molecule has 0 atom stereocenters. The quantitative estimate of drug-likeness (QED) is 0.566. The van der Waals surface area contributed by atoms with Crippen LogP contribution in [0.1, 0.15) is 12.0 Å². The van der Waals surface area contributed by atoms with Gasteiger partial charge in [-0.2, -0.15) is 0 Å². The summed E-state index contributed by atoms with van der Waals surface area (Å²) < 4.78 is 0. The molecule has 0 bridgehead atoms. The lowest BCUT2D eigenvalue weighted by Gasteiger charge is -2.02. The maximum Gasteiger partial charge on any atom is 0.222 e. The highest BCUT2D eigenvalue weighted by molar-refractivity contribution is 7.99. The molecule has 0 amide bonds. The van der Waals surface area contributed by atoms with Gasteiger partial charge in [0, 0.05) is 17.1 Å². The number of carbonyl (C=O) groups excluding carboxylic acids is 1. The molecule has 0 N–H and O–H groups in total. The van der Waals surface area contributed by atoms with E-state index in [1.807, 2.05) is 12.1 Å². The van der Waals surface area contributed by atoms with E-state index in [4.69, 9.17) is 11.6 Å². The van der Waals surface area contributed by atoms with Crippen LogP contribution < -0.4 is 0 Å². The summed E-state index contributed by atoms with van der Waals surface area (Å²) in [4.78, 5) is 11.7. The molecule has 1 nitrogen and oxygen atoms in total. The molecular formula is C10H11ClOS. The summed E-state index contributed by atoms with van der Waals surface area (Å²) in [7, 11) is 0. The second-order valence-electron chi connectivity index (χ2n) is 2.72. The first-order chi connectivity index (χ1) is 6.20. The normalized spacial score (nSPS) is 10.0. The van der Waals surface area contributed by atoms with Gasteiger partial charge >= 0.3 is 0 Å². The van der Waals surface area contributed by atoms with Gasteiger partial charge in [-0.15, -0.1) is 11.8 Å². The fraction of sp³-hybridized carbons (Fsp3) is 0.300. The Kier molecular flexibility index (Phi) is 4.33. The van der Waals surface area contributed by atoms with Gasteiger partial charge in [0.15, 0.2) is 0 Å². The molecule has 13 heavy (non-hydrogen) atoms. The number of benzene rings is 1. The molecule has 0 spiro atoms. The summed E-state index contributed by atoms with van der Waals surface area (Å²) in [5.74, 6) is 0.757. The van der Waals surface area contributed by atoms with Gasteiger partial charge in [-0.25, -0.2) is 0 Å². The number of carbonyl (C=O) groups is 1. The molecule has 1 aromatic rings. The third-order valence-corrected chi connectivity index (χ3v) is 3.02. The van der Waals surface area contributed by atoms with Crippen molar-refractivity contribution in [3.05, 3.63) is 29.8 Å². The van der Waals surface area contributed by atoms with Crippen LogP contribution in [0.15, 0.2) is 29.2 Å². The van der Waals surface area contributed by atoms with Crippen LogP contribution in [0, 0.1) is 6.92 Å². The monoisotopic (exact) mass is 214 g/mol. The first-order valence-electron chi connectivity index (χ1n) is 4.07. The molecule has 0 saturated carbocycles. The Balaban J connectivity index is 2.45. The van der Waals surface area contributed by atoms with Crippen LogP contribution in [-0.2, 0) is 4.79 Å². The molecule has 0 heterocycles. The van der Waals surface area contributed by atoms with Crippen LogP contribution in [0.2, 0.25) is 0 Å². The van der Waals surface area contributed by atoms with Crippen LogP contribution in [0.4, 0.5) is 0 Å². The van der Waals surface area contributed by atoms with Gasteiger partial charge in [0.05, 0.1) is 0 Å². The minimum atomic E-state index is -0.263. The van der Waals surface area contributed by atoms with Crippen molar-refractivity contribution in [1.29, 1.82) is 0 Å². The smallest absolute Gasteiger partial charge is 0.222 e. The molecule has 0 radical (unpaired) electrons. The highest BCUT2D eigenvalue weighted by Crippen LogP contribution is 2.22. The van der Waals surface area contributed by atoms with E-state index < -0.39 is 0 Å². The van der Waals surface area contributed by atoms with Crippen LogP contribution in [0.25, 0.3) is 0 Å². The Morgan fingerprint density at radius 1 is 1.46 bits per heavy atom. The minimum Gasteiger partial charge on any atom is -0.281 e. The standard InChI is InChI=1S/C10H11ClOS/c1-8-4-2-3-5-9(8)13-7-6-10(11)12/h2-5H,6-7H2,1H3. The topological polar surface area (TPSA) is 17.1 Å². The third kappa shape index (κ3) is 3.83. The molecule has 0 unspecified atom stereocenters. The van der Waals surface area contributed by atoms with Crippen molar-refractivity contribution in [2.75, 3.05) is 5.75 Å². The van der Waals surface area contributed by atoms with Crippen LogP contribution in [-0.4, -0.2) is 11.0 Å². The van der Waals surface area contributed by atoms with Gasteiger partial charge in [-0.3, -0.25) is 4.79 Å². The summed E-state index contributed by atoms with van der Waals surface area (Å²) in [6.07, 6.45) is 0.431. The van der Waals surface area contributed by atoms with Crippen molar-refractivity contribution in [2.24, 2.45) is 0 Å². The molecule has 0 aliphatic carbocycles. The zero-order chi connectivity index (χ0) is 9.68. The molecular weight excluding hydrogens is 204 g/mol. The van der Waals surface area contributed by atoms with E-state index >= 15 is 0 Å². The number of aryl methyl sites for hydroxylation is 1. The van der Waals surface area contributed by atoms with Gasteiger partial charge < -0.3 is 0 Å². The lowest BCUT2D eigenvalue weighted by Crippen LogP contribution is -1.89. The zero-order valence-electron chi connectivity index (χ0n) is 7.42. The van der Waals surface area contributed by atoms with E-state index in [1.165, 1.54) is 10.5 Å². The van der Waals surface area contributed by atoms with Gasteiger partial charge in [-0.1, -0.05) is 18.2 Å². The maximum atomic E-state index is 10.5. The van der Waals surface area contributed by atoms with Crippen LogP contribution in [0.5, 0.6) is 0 Å². The van der Waals surface area contributed by atoms with Gasteiger partial charge in [-0.05, 0) is 30.2 Å². The minimum absolute atomic E-state index is 0.263. The van der Waals surface area contributed by atoms with Crippen molar-refractivity contribution < 1.29 is 4.79 Å². The fourth-order valence-electron chi connectivity index (χ4n) is 0.960. The van der Waals surface area contributed by atoms with Gasteiger partial charge in [0.2, 0.25) is 5.24 Å². The molecule has 1 aromatic carbocycles. The lowest BCUT2D eigenvalue weighted by atomic mass is 10.2. The molecule has 0 fully saturated rings. The van der Waals surface area contributed by atoms with Crippen molar-refractivity contribution in [3.8, 4) is 0 Å². The number of rotatable bonds is 4. The summed E-state index contributed by atoms with van der Waals surface area (Å²) in [5, 5.41) is -0.263. The summed E-state index contributed by atoms with van der Waals surface area (Å²) in [5.41, 5.74) is 1.24. The van der Waals surface area contributed by atoms with Crippen molar-refractivity contribution in [3.63, 3.8) is 0 Å². The highest BCUT2D eigenvalue weighted by Gasteiger charge is 1.99. The van der Waals surface area contributed by atoms with Crippen LogP contribution in [0.3, 0.4) is 0 Å². The van der Waals surface area contributed by atoms with E-state index in [0.29, 0.717) is 6.42 Å². The molecule has 0 aromatic heterocycles. The molecule has 70 valence electrons. The third-order valence-electron chi connectivity index (χ3n) is 1.65. The Morgan fingerprint density at radius 3 is 2.77 bits per heavy atom. The number of hydrogen-bond donors (Lipinski definition) is 0. The number of hydrogen-bond acceptors (Lipinski definition) is 2. The molecule has 0 aliphatic rings. The summed E-state index contributed by atoms with van der Waals surface area (Å²) in [6, 6.07) is 8.12. The Labute approximate surface area is 87.5 Å². The Hall–Kier alpha value is -0.470. The van der Waals surface area contributed by atoms with Crippen molar-refractivity contribution in [1.82, 2.24) is 0 Å². The Bertz CT molecular complexity index is 299. The first-order valence-corrected chi connectivity index (χ1v) is 5.43. The average molecular weight is 215 g/mol. The molecule has 0 aliphatic heterocycles. The molecule has 1 rings (SSSR count). The van der Waals surface area contributed by atoms with E-state index in [0.717, 1.165) is 5.75 Å². The van der Waals surface area contributed by atoms with Gasteiger partial charge in [0.1, 0.15) is 0 Å². The largest absolute Gasteiger partial charge is 0.281 e. The predicted molar refractivity (Wildman–Crippen MR) is 57.4 cm³/mol. The van der Waals surface area contributed by atoms with E-state index in [9.17, 15) is 4.79 Å². The summed E-state index contributed by atoms with van der Waals surface area (Å²) in [6.45, 7) is 2.06. The zero-order valence-corrected chi connectivity index (χ0v) is 8.99. The number of halogens is 1. The molecule has 3 heteroatoms. The van der Waals surface area contributed by atoms with E-state index in [-0.39, 0.29) is 5.24 Å². The highest BCUT2D eigenvalue weighted by atomic mass is 35.5. The second-order valence-corrected chi connectivity index (χ2v) is 4.28. The summed E-state index contributed by atoms with van der Waals surface area (Å²) >= 11 is 6.90. The predicted octanol–water partition coefficient (Wildman–Crippen LogP) is 3.24. The first kappa shape index (κ1) is 10.6. The van der Waals surface area contributed by atoms with Crippen molar-refractivity contribution in [2.45, 2.75) is 18.2 Å². The average Bonchev–Trinajstić information content (AvgIpc) is 2.08.